The van der Waals surface area contributed by atoms with Gasteiger partial charge in [-0.05, 0) is 57.1 Å². The van der Waals surface area contributed by atoms with Gasteiger partial charge in [0.1, 0.15) is 5.78 Å². The number of carbonyl (C=O) groups is 2. The maximum absolute atomic E-state index is 12.3. The second-order valence-electron chi connectivity index (χ2n) is 9.17. The predicted molar refractivity (Wildman–Crippen MR) is 117 cm³/mol. The van der Waals surface area contributed by atoms with Crippen molar-refractivity contribution in [1.29, 1.82) is 0 Å². The van der Waals surface area contributed by atoms with Crippen LogP contribution in [0.4, 0.5) is 0 Å². The van der Waals surface area contributed by atoms with Crippen molar-refractivity contribution >= 4 is 11.8 Å². The Bertz CT molecular complexity index is 650. The Morgan fingerprint density at radius 1 is 1.30 bits per heavy atom. The number of aliphatic hydroxyl groups excluding tert-OH is 1. The first-order valence-corrected chi connectivity index (χ1v) is 11.4. The molecule has 0 aliphatic heterocycles. The predicted octanol–water partition coefficient (Wildman–Crippen LogP) is 4.27. The molecule has 0 radical (unpaired) electrons. The molecule has 0 amide bonds. The normalized spacial score (nSPS) is 26.5. The lowest BCUT2D eigenvalue weighted by Crippen LogP contribution is -2.24. The first-order valence-electron chi connectivity index (χ1n) is 11.4. The summed E-state index contributed by atoms with van der Waals surface area (Å²) < 4.78 is 4.59. The topological polar surface area (TPSA) is 83.8 Å². The number of methoxy groups -OCH3 is 1. The van der Waals surface area contributed by atoms with Crippen LogP contribution in [0.5, 0.6) is 0 Å². The molecule has 2 rings (SSSR count). The van der Waals surface area contributed by atoms with Crippen molar-refractivity contribution < 1.29 is 24.5 Å². The van der Waals surface area contributed by atoms with Gasteiger partial charge in [-0.15, -0.1) is 5.73 Å². The average Bonchev–Trinajstić information content (AvgIpc) is 3.31. The van der Waals surface area contributed by atoms with E-state index < -0.39 is 11.7 Å². The van der Waals surface area contributed by atoms with Crippen LogP contribution >= 0.6 is 0 Å². The lowest BCUT2D eigenvalue weighted by atomic mass is 9.88. The Hall–Kier alpha value is -1.68. The zero-order valence-corrected chi connectivity index (χ0v) is 18.5. The molecule has 168 valence electrons. The van der Waals surface area contributed by atoms with Crippen LogP contribution in [0.25, 0.3) is 0 Å². The maximum Gasteiger partial charge on any atom is 0.305 e. The van der Waals surface area contributed by atoms with E-state index >= 15 is 0 Å². The second kappa shape index (κ2) is 12.2. The third-order valence-electron chi connectivity index (χ3n) is 6.54. The molecule has 2 aliphatic rings. The Morgan fingerprint density at radius 3 is 2.73 bits per heavy atom. The first kappa shape index (κ1) is 24.6. The van der Waals surface area contributed by atoms with Gasteiger partial charge < -0.3 is 14.9 Å². The quantitative estimate of drug-likeness (QED) is 0.297. The van der Waals surface area contributed by atoms with Crippen LogP contribution in [0.15, 0.2) is 30.0 Å². The van der Waals surface area contributed by atoms with E-state index in [1.54, 1.807) is 12.2 Å². The molecule has 0 saturated heterocycles. The lowest BCUT2D eigenvalue weighted by Gasteiger charge is -2.24. The largest absolute Gasteiger partial charge is 0.469 e. The summed E-state index contributed by atoms with van der Waals surface area (Å²) in [5.74, 6) is 0.0771. The fourth-order valence-corrected chi connectivity index (χ4v) is 4.58. The molecule has 30 heavy (non-hydrogen) atoms. The maximum atomic E-state index is 12.3. The van der Waals surface area contributed by atoms with Crippen LogP contribution < -0.4 is 0 Å². The van der Waals surface area contributed by atoms with Crippen molar-refractivity contribution in [2.75, 3.05) is 7.11 Å². The van der Waals surface area contributed by atoms with E-state index in [2.05, 4.69) is 10.5 Å². The summed E-state index contributed by atoms with van der Waals surface area (Å²) in [6.45, 7) is 1.88. The zero-order chi connectivity index (χ0) is 22.0. The second-order valence-corrected chi connectivity index (χ2v) is 9.17. The van der Waals surface area contributed by atoms with Gasteiger partial charge in [-0.1, -0.05) is 37.8 Å². The number of allylic oxidation sites excluding steroid dienone is 1. The molecule has 2 saturated carbocycles. The van der Waals surface area contributed by atoms with Gasteiger partial charge in [0.15, 0.2) is 0 Å². The highest BCUT2D eigenvalue weighted by Crippen LogP contribution is 2.34. The van der Waals surface area contributed by atoms with Crippen LogP contribution in [0.3, 0.4) is 0 Å². The van der Waals surface area contributed by atoms with Gasteiger partial charge >= 0.3 is 5.97 Å². The van der Waals surface area contributed by atoms with Crippen molar-refractivity contribution in [3.8, 4) is 0 Å². The lowest BCUT2D eigenvalue weighted by molar-refractivity contribution is -0.140. The summed E-state index contributed by atoms with van der Waals surface area (Å²) in [6, 6.07) is 0. The number of rotatable bonds is 11. The molecule has 0 heterocycles. The Labute approximate surface area is 180 Å². The molecule has 4 atom stereocenters. The number of esters is 1. The number of hydrogen-bond acceptors (Lipinski definition) is 5. The molecule has 0 aromatic heterocycles. The van der Waals surface area contributed by atoms with Gasteiger partial charge in [0.05, 0.1) is 18.8 Å². The number of aliphatic hydroxyl groups is 2. The summed E-state index contributed by atoms with van der Waals surface area (Å²) in [7, 11) is 1.36. The molecule has 2 aliphatic carbocycles. The van der Waals surface area contributed by atoms with E-state index in [0.717, 1.165) is 18.8 Å². The summed E-state index contributed by atoms with van der Waals surface area (Å²) in [4.78, 5) is 23.4. The molecule has 0 spiro atoms. The van der Waals surface area contributed by atoms with Crippen LogP contribution in [0.2, 0.25) is 0 Å². The van der Waals surface area contributed by atoms with Crippen LogP contribution in [-0.4, -0.2) is 40.8 Å². The minimum Gasteiger partial charge on any atom is -0.469 e. The van der Waals surface area contributed by atoms with E-state index in [1.807, 2.05) is 19.1 Å². The van der Waals surface area contributed by atoms with Crippen LogP contribution in [0.1, 0.15) is 77.6 Å². The molecule has 5 nitrogen and oxygen atoms in total. The fourth-order valence-electron chi connectivity index (χ4n) is 4.58. The van der Waals surface area contributed by atoms with Crippen LogP contribution in [-0.2, 0) is 14.3 Å². The van der Waals surface area contributed by atoms with Crippen molar-refractivity contribution in [1.82, 2.24) is 0 Å². The molecular formula is C25H38O5. The van der Waals surface area contributed by atoms with Gasteiger partial charge in [0, 0.05) is 24.7 Å². The fraction of sp³-hybridized carbons (Fsp3) is 0.720. The number of ketones is 1. The molecule has 2 N–H and O–H groups in total. The minimum absolute atomic E-state index is 0.0674. The number of Topliss-reactive ketones (excluding diaryl/α,β-unsaturated/α-hetero) is 1. The van der Waals surface area contributed by atoms with Gasteiger partial charge in [0.25, 0.3) is 0 Å². The average molecular weight is 419 g/mol. The highest BCUT2D eigenvalue weighted by molar-refractivity contribution is 5.84. The molecule has 4 unspecified atom stereocenters. The monoisotopic (exact) mass is 418 g/mol. The van der Waals surface area contributed by atoms with E-state index in [1.165, 1.54) is 32.8 Å². The molecule has 5 heteroatoms. The summed E-state index contributed by atoms with van der Waals surface area (Å²) >= 11 is 0. The summed E-state index contributed by atoms with van der Waals surface area (Å²) in [5.41, 5.74) is 2.27. The Morgan fingerprint density at radius 2 is 2.03 bits per heavy atom. The zero-order valence-electron chi connectivity index (χ0n) is 18.5. The smallest absolute Gasteiger partial charge is 0.305 e. The van der Waals surface area contributed by atoms with Gasteiger partial charge in [-0.3, -0.25) is 9.59 Å². The SMILES string of the molecule is COC(=O)CCC=C=CCC1C(=O)CC(O)C1/C=C/CC(C)(O)CCC1CCCC1. The third-order valence-corrected chi connectivity index (χ3v) is 6.54. The van der Waals surface area contributed by atoms with Gasteiger partial charge in [-0.2, -0.15) is 0 Å². The van der Waals surface area contributed by atoms with E-state index in [4.69, 9.17) is 0 Å². The highest BCUT2D eigenvalue weighted by Gasteiger charge is 2.39. The Balaban J connectivity index is 1.83. The van der Waals surface area contributed by atoms with Gasteiger partial charge in [-0.25, -0.2) is 0 Å². The number of ether oxygens (including phenoxy) is 1. The van der Waals surface area contributed by atoms with E-state index in [-0.39, 0.29) is 30.0 Å². The minimum atomic E-state index is -0.746. The molecule has 0 aromatic carbocycles. The summed E-state index contributed by atoms with van der Waals surface area (Å²) in [5, 5.41) is 21.0. The molecule has 0 aromatic rings. The number of carbonyl (C=O) groups excluding carboxylic acids is 2. The van der Waals surface area contributed by atoms with E-state index in [0.29, 0.717) is 25.7 Å². The third kappa shape index (κ3) is 8.22. The van der Waals surface area contributed by atoms with E-state index in [9.17, 15) is 19.8 Å². The van der Waals surface area contributed by atoms with Crippen molar-refractivity contribution in [2.45, 2.75) is 89.3 Å². The molecule has 0 bridgehead atoms. The van der Waals surface area contributed by atoms with Gasteiger partial charge in [0.2, 0.25) is 0 Å². The van der Waals surface area contributed by atoms with Crippen molar-refractivity contribution in [3.63, 3.8) is 0 Å². The first-order chi connectivity index (χ1) is 14.3. The number of hydrogen-bond donors (Lipinski definition) is 2. The highest BCUT2D eigenvalue weighted by atomic mass is 16.5. The molecular weight excluding hydrogens is 380 g/mol. The standard InChI is InChI=1S/C25H38O5/c1-25(29,17-15-19-10-7-8-11-19)16-9-13-21-20(22(26)18-23(21)27)12-5-3-4-6-14-24(28)30-2/h4-5,9,13,19-21,23,27,29H,6-8,10-12,14-18H2,1-2H3/b13-9+. The Kier molecular flexibility index (Phi) is 10.0. The molecule has 2 fully saturated rings. The van der Waals surface area contributed by atoms with Crippen molar-refractivity contribution in [2.24, 2.45) is 17.8 Å². The van der Waals surface area contributed by atoms with Crippen LogP contribution in [0, 0.1) is 17.8 Å². The van der Waals surface area contributed by atoms with Crippen molar-refractivity contribution in [3.05, 3.63) is 30.0 Å². The summed E-state index contributed by atoms with van der Waals surface area (Å²) in [6.07, 6.45) is 15.9.